The average molecular weight is 257 g/mol. The number of carboxylic acids is 1. The van der Waals surface area contributed by atoms with Gasteiger partial charge in [-0.25, -0.2) is 9.18 Å². The van der Waals surface area contributed by atoms with Gasteiger partial charge in [0.15, 0.2) is 0 Å². The Balaban J connectivity index is 2.77. The molecule has 0 fully saturated rings. The highest BCUT2D eigenvalue weighted by Gasteiger charge is 2.21. The summed E-state index contributed by atoms with van der Waals surface area (Å²) in [5, 5.41) is 11.1. The number of amides is 1. The lowest BCUT2D eigenvalue weighted by Gasteiger charge is -2.13. The summed E-state index contributed by atoms with van der Waals surface area (Å²) in [6.07, 6.45) is 0.179. The first-order chi connectivity index (χ1) is 8.06. The Kier molecular flexibility index (Phi) is 4.96. The van der Waals surface area contributed by atoms with Gasteiger partial charge in [0, 0.05) is 0 Å². The third-order valence-electron chi connectivity index (χ3n) is 2.14. The molecule has 2 N–H and O–H groups in total. The van der Waals surface area contributed by atoms with Gasteiger partial charge in [-0.2, -0.15) is 12.6 Å². The first kappa shape index (κ1) is 13.5. The van der Waals surface area contributed by atoms with Gasteiger partial charge in [0.25, 0.3) is 5.91 Å². The van der Waals surface area contributed by atoms with E-state index in [0.717, 1.165) is 6.07 Å². The number of hydrogen-bond donors (Lipinski definition) is 3. The van der Waals surface area contributed by atoms with Crippen LogP contribution in [0.3, 0.4) is 0 Å². The van der Waals surface area contributed by atoms with Gasteiger partial charge in [0.05, 0.1) is 5.56 Å². The number of carbonyl (C=O) groups excluding carboxylic acids is 1. The lowest BCUT2D eigenvalue weighted by atomic mass is 10.1. The number of halogens is 1. The van der Waals surface area contributed by atoms with Crippen molar-refractivity contribution in [2.75, 3.05) is 5.75 Å². The molecule has 6 heteroatoms. The van der Waals surface area contributed by atoms with E-state index in [4.69, 9.17) is 5.11 Å². The van der Waals surface area contributed by atoms with Gasteiger partial charge in [-0.05, 0) is 24.3 Å². The summed E-state index contributed by atoms with van der Waals surface area (Å²) in [7, 11) is 0. The van der Waals surface area contributed by atoms with Crippen LogP contribution in [0.4, 0.5) is 4.39 Å². The molecule has 17 heavy (non-hydrogen) atoms. The third kappa shape index (κ3) is 3.74. The average Bonchev–Trinajstić information content (AvgIpc) is 2.28. The molecule has 0 unspecified atom stereocenters. The van der Waals surface area contributed by atoms with Crippen LogP contribution in [0.25, 0.3) is 0 Å². The number of nitrogens with one attached hydrogen (secondary N) is 1. The molecule has 0 aliphatic heterocycles. The standard InChI is InChI=1S/C11H12FNO3S/c12-8-4-2-1-3-7(8)10(14)13-9(5-6-17)11(15)16/h1-4,9,17H,5-6H2,(H,13,14)(H,15,16)/t9-/m0/s1. The van der Waals surface area contributed by atoms with Crippen LogP contribution in [0.15, 0.2) is 24.3 Å². The molecular formula is C11H12FNO3S. The Morgan fingerprint density at radius 3 is 2.59 bits per heavy atom. The van der Waals surface area contributed by atoms with Crippen molar-refractivity contribution in [1.29, 1.82) is 0 Å². The Hall–Kier alpha value is -1.56. The molecule has 1 amide bonds. The zero-order chi connectivity index (χ0) is 12.8. The minimum atomic E-state index is -1.16. The number of carboxylic acid groups (broad SMARTS) is 1. The maximum absolute atomic E-state index is 13.3. The van der Waals surface area contributed by atoms with Crippen molar-refractivity contribution in [2.24, 2.45) is 0 Å². The summed E-state index contributed by atoms with van der Waals surface area (Å²) in [4.78, 5) is 22.4. The van der Waals surface area contributed by atoms with Crippen molar-refractivity contribution in [3.05, 3.63) is 35.6 Å². The second-order valence-electron chi connectivity index (χ2n) is 3.36. The molecule has 0 bridgehead atoms. The molecule has 0 aliphatic rings. The van der Waals surface area contributed by atoms with Crippen molar-refractivity contribution >= 4 is 24.5 Å². The van der Waals surface area contributed by atoms with Gasteiger partial charge in [-0.1, -0.05) is 12.1 Å². The molecule has 0 heterocycles. The fraction of sp³-hybridized carbons (Fsp3) is 0.273. The van der Waals surface area contributed by atoms with Crippen LogP contribution in [0.2, 0.25) is 0 Å². The molecule has 1 aromatic carbocycles. The maximum atomic E-state index is 13.3. The summed E-state index contributed by atoms with van der Waals surface area (Å²) in [5.41, 5.74) is -0.169. The van der Waals surface area contributed by atoms with E-state index in [1.165, 1.54) is 18.2 Å². The lowest BCUT2D eigenvalue weighted by molar-refractivity contribution is -0.139. The largest absolute Gasteiger partial charge is 0.480 e. The Morgan fingerprint density at radius 2 is 2.06 bits per heavy atom. The molecule has 0 aromatic heterocycles. The lowest BCUT2D eigenvalue weighted by Crippen LogP contribution is -2.41. The second-order valence-corrected chi connectivity index (χ2v) is 3.80. The van der Waals surface area contributed by atoms with Crippen molar-refractivity contribution in [2.45, 2.75) is 12.5 Å². The SMILES string of the molecule is O=C(N[C@@H](CCS)C(=O)O)c1ccccc1F. The van der Waals surface area contributed by atoms with E-state index in [2.05, 4.69) is 17.9 Å². The number of carbonyl (C=O) groups is 2. The predicted octanol–water partition coefficient (Wildman–Crippen LogP) is 1.33. The zero-order valence-electron chi connectivity index (χ0n) is 8.89. The van der Waals surface area contributed by atoms with Crippen LogP contribution in [0.1, 0.15) is 16.8 Å². The van der Waals surface area contributed by atoms with Gasteiger partial charge in [0.2, 0.25) is 0 Å². The van der Waals surface area contributed by atoms with Crippen LogP contribution >= 0.6 is 12.6 Å². The fourth-order valence-electron chi connectivity index (χ4n) is 1.27. The van der Waals surface area contributed by atoms with Gasteiger partial charge < -0.3 is 10.4 Å². The number of benzene rings is 1. The van der Waals surface area contributed by atoms with E-state index in [0.29, 0.717) is 5.75 Å². The van der Waals surface area contributed by atoms with Gasteiger partial charge in [0.1, 0.15) is 11.9 Å². The third-order valence-corrected chi connectivity index (χ3v) is 2.40. The smallest absolute Gasteiger partial charge is 0.326 e. The molecule has 0 saturated heterocycles. The molecule has 0 saturated carbocycles. The fourth-order valence-corrected chi connectivity index (χ4v) is 1.53. The Bertz CT molecular complexity index is 425. The molecule has 0 aliphatic carbocycles. The maximum Gasteiger partial charge on any atom is 0.326 e. The van der Waals surface area contributed by atoms with E-state index in [-0.39, 0.29) is 12.0 Å². The monoisotopic (exact) mass is 257 g/mol. The molecule has 1 aromatic rings. The first-order valence-corrected chi connectivity index (χ1v) is 5.58. The first-order valence-electron chi connectivity index (χ1n) is 4.95. The van der Waals surface area contributed by atoms with Crippen LogP contribution in [-0.4, -0.2) is 28.8 Å². The summed E-state index contributed by atoms with van der Waals surface area (Å²) in [5.74, 6) is -2.27. The van der Waals surface area contributed by atoms with E-state index in [1.807, 2.05) is 0 Å². The summed E-state index contributed by atoms with van der Waals surface area (Å²) >= 11 is 3.90. The minimum Gasteiger partial charge on any atom is -0.480 e. The van der Waals surface area contributed by atoms with Crippen molar-refractivity contribution < 1.29 is 19.1 Å². The molecule has 92 valence electrons. The summed E-state index contributed by atoms with van der Waals surface area (Å²) < 4.78 is 13.3. The highest BCUT2D eigenvalue weighted by molar-refractivity contribution is 7.80. The normalized spacial score (nSPS) is 11.9. The van der Waals surface area contributed by atoms with Crippen LogP contribution < -0.4 is 5.32 Å². The number of hydrogen-bond acceptors (Lipinski definition) is 3. The molecule has 4 nitrogen and oxygen atoms in total. The predicted molar refractivity (Wildman–Crippen MR) is 63.8 cm³/mol. The Morgan fingerprint density at radius 1 is 1.41 bits per heavy atom. The zero-order valence-corrected chi connectivity index (χ0v) is 9.78. The minimum absolute atomic E-state index is 0.169. The van der Waals surface area contributed by atoms with Crippen molar-refractivity contribution in [1.82, 2.24) is 5.32 Å². The summed E-state index contributed by atoms with van der Waals surface area (Å²) in [6, 6.07) is 4.34. The van der Waals surface area contributed by atoms with Crippen LogP contribution in [0.5, 0.6) is 0 Å². The Labute approximate surface area is 103 Å². The van der Waals surface area contributed by atoms with Crippen LogP contribution in [0, 0.1) is 5.82 Å². The number of thiol groups is 1. The topological polar surface area (TPSA) is 66.4 Å². The van der Waals surface area contributed by atoms with Crippen molar-refractivity contribution in [3.8, 4) is 0 Å². The van der Waals surface area contributed by atoms with Crippen molar-refractivity contribution in [3.63, 3.8) is 0 Å². The quantitative estimate of drug-likeness (QED) is 0.697. The van der Waals surface area contributed by atoms with Gasteiger partial charge in [-0.15, -0.1) is 0 Å². The van der Waals surface area contributed by atoms with E-state index < -0.39 is 23.7 Å². The van der Waals surface area contributed by atoms with E-state index >= 15 is 0 Å². The van der Waals surface area contributed by atoms with E-state index in [9.17, 15) is 14.0 Å². The molecule has 1 rings (SSSR count). The molecular weight excluding hydrogens is 245 g/mol. The van der Waals surface area contributed by atoms with Gasteiger partial charge >= 0.3 is 5.97 Å². The number of rotatable bonds is 5. The van der Waals surface area contributed by atoms with Crippen LogP contribution in [-0.2, 0) is 4.79 Å². The highest BCUT2D eigenvalue weighted by Crippen LogP contribution is 2.07. The molecule has 1 atom stereocenters. The van der Waals surface area contributed by atoms with E-state index in [1.54, 1.807) is 0 Å². The molecule has 0 spiro atoms. The number of aliphatic carboxylic acids is 1. The molecule has 0 radical (unpaired) electrons. The summed E-state index contributed by atoms with van der Waals surface area (Å²) in [6.45, 7) is 0. The van der Waals surface area contributed by atoms with Gasteiger partial charge in [-0.3, -0.25) is 4.79 Å². The second kappa shape index (κ2) is 6.24. The highest BCUT2D eigenvalue weighted by atomic mass is 32.1.